The van der Waals surface area contributed by atoms with E-state index in [-0.39, 0.29) is 30.5 Å². The zero-order chi connectivity index (χ0) is 20.9. The molecule has 1 aromatic rings. The maximum absolute atomic E-state index is 15.0. The maximum Gasteiger partial charge on any atom is 0.168 e. The van der Waals surface area contributed by atoms with Crippen LogP contribution in [0, 0.1) is 11.7 Å². The Labute approximate surface area is 166 Å². The van der Waals surface area contributed by atoms with Crippen LogP contribution >= 0.6 is 0 Å². The van der Waals surface area contributed by atoms with E-state index in [4.69, 9.17) is 15.2 Å². The smallest absolute Gasteiger partial charge is 0.168 e. The van der Waals surface area contributed by atoms with Crippen molar-refractivity contribution in [3.8, 4) is 5.75 Å². The number of hydrogen-bond donors (Lipinski definition) is 1. The van der Waals surface area contributed by atoms with E-state index in [2.05, 4.69) is 4.99 Å². The molecule has 2 aliphatic heterocycles. The average molecular weight is 413 g/mol. The van der Waals surface area contributed by atoms with Crippen molar-refractivity contribution in [3.63, 3.8) is 0 Å². The van der Waals surface area contributed by atoms with Crippen LogP contribution in [-0.4, -0.2) is 43.6 Å². The minimum Gasteiger partial charge on any atom is -0.493 e. The number of sulfone groups is 1. The zero-order valence-electron chi connectivity index (χ0n) is 17.0. The summed E-state index contributed by atoms with van der Waals surface area (Å²) in [5, 5.41) is -0.930. The molecule has 1 aromatic carbocycles. The van der Waals surface area contributed by atoms with Gasteiger partial charge in [-0.3, -0.25) is 4.99 Å². The lowest BCUT2D eigenvalue weighted by Crippen LogP contribution is -2.64. The minimum atomic E-state index is -3.75. The number of hydrogen-bond acceptors (Lipinski definition) is 6. The van der Waals surface area contributed by atoms with Gasteiger partial charge in [-0.15, -0.1) is 0 Å². The molecule has 6 nitrogen and oxygen atoms in total. The Kier molecular flexibility index (Phi) is 5.25. The molecule has 0 aromatic heterocycles. The van der Waals surface area contributed by atoms with E-state index in [0.29, 0.717) is 18.3 Å². The largest absolute Gasteiger partial charge is 0.493 e. The van der Waals surface area contributed by atoms with Crippen molar-refractivity contribution in [2.24, 2.45) is 16.6 Å². The number of rotatable bonds is 4. The highest BCUT2D eigenvalue weighted by Gasteiger charge is 2.61. The summed E-state index contributed by atoms with van der Waals surface area (Å²) in [6.45, 7) is 9.33. The molecule has 0 unspecified atom stereocenters. The van der Waals surface area contributed by atoms with Crippen molar-refractivity contribution in [3.05, 3.63) is 29.6 Å². The summed E-state index contributed by atoms with van der Waals surface area (Å²) in [7, 11) is -3.75. The lowest BCUT2D eigenvalue weighted by molar-refractivity contribution is -0.0181. The fourth-order valence-corrected chi connectivity index (χ4v) is 6.10. The van der Waals surface area contributed by atoms with Crippen molar-refractivity contribution in [1.82, 2.24) is 0 Å². The highest BCUT2D eigenvalue weighted by atomic mass is 32.2. The molecule has 1 fully saturated rings. The molecule has 156 valence electrons. The second-order valence-corrected chi connectivity index (χ2v) is 11.3. The van der Waals surface area contributed by atoms with Crippen LogP contribution in [0.15, 0.2) is 23.2 Å². The molecule has 0 spiro atoms. The van der Waals surface area contributed by atoms with E-state index in [1.807, 2.05) is 20.8 Å². The molecule has 0 aliphatic carbocycles. The van der Waals surface area contributed by atoms with Gasteiger partial charge in [0, 0.05) is 5.56 Å². The van der Waals surface area contributed by atoms with Gasteiger partial charge in [-0.25, -0.2) is 12.8 Å². The highest BCUT2D eigenvalue weighted by molar-refractivity contribution is 7.94. The van der Waals surface area contributed by atoms with E-state index < -0.39 is 31.2 Å². The van der Waals surface area contributed by atoms with Crippen molar-refractivity contribution in [2.45, 2.75) is 62.7 Å². The molecule has 3 rings (SSSR count). The Morgan fingerprint density at radius 1 is 1.39 bits per heavy atom. The summed E-state index contributed by atoms with van der Waals surface area (Å²) in [6, 6.07) is 4.36. The summed E-state index contributed by atoms with van der Waals surface area (Å²) in [6.07, 6.45) is -0.0549. The van der Waals surface area contributed by atoms with Gasteiger partial charge < -0.3 is 15.2 Å². The standard InChI is InChI=1S/C20H29FN2O4S/c1-12(2)10-26-14-6-7-16(21)15(9-14)20-11-27-13(3)8-17(20)28(24,25)19(4,5)18(22)23-20/h6-7,9,12-13,17H,8,10-11H2,1-5H3,(H2,22,23)/t13-,17+,20+/m0/s1. The topological polar surface area (TPSA) is 91.0 Å². The van der Waals surface area contributed by atoms with Gasteiger partial charge in [-0.2, -0.15) is 0 Å². The molecule has 0 bridgehead atoms. The van der Waals surface area contributed by atoms with Crippen LogP contribution in [0.3, 0.4) is 0 Å². The molecule has 2 heterocycles. The number of aliphatic imine (C=N–C) groups is 1. The summed E-state index contributed by atoms with van der Waals surface area (Å²) in [5.74, 6) is 0.178. The SMILES string of the molecule is CC(C)COc1ccc(F)c([C@]23CO[C@@H](C)C[C@H]2S(=O)(=O)C(C)(C)C(N)=N3)c1. The van der Waals surface area contributed by atoms with E-state index in [1.165, 1.54) is 18.2 Å². The van der Waals surface area contributed by atoms with Crippen LogP contribution in [-0.2, 0) is 20.1 Å². The second kappa shape index (κ2) is 6.99. The Morgan fingerprint density at radius 3 is 2.71 bits per heavy atom. The van der Waals surface area contributed by atoms with Crippen molar-refractivity contribution in [1.29, 1.82) is 0 Å². The van der Waals surface area contributed by atoms with Crippen LogP contribution in [0.5, 0.6) is 5.75 Å². The van der Waals surface area contributed by atoms with E-state index >= 15 is 0 Å². The summed E-state index contributed by atoms with van der Waals surface area (Å²) >= 11 is 0. The van der Waals surface area contributed by atoms with Crippen LogP contribution in [0.25, 0.3) is 0 Å². The Bertz CT molecular complexity index is 897. The number of nitrogens with two attached hydrogens (primary N) is 1. The molecular formula is C20H29FN2O4S. The van der Waals surface area contributed by atoms with E-state index in [0.717, 1.165) is 0 Å². The fourth-order valence-electron chi connectivity index (χ4n) is 3.77. The molecule has 2 N–H and O–H groups in total. The summed E-state index contributed by atoms with van der Waals surface area (Å²) < 4.78 is 52.0. The Hall–Kier alpha value is -1.67. The van der Waals surface area contributed by atoms with Crippen LogP contribution in [0.2, 0.25) is 0 Å². The van der Waals surface area contributed by atoms with E-state index in [1.54, 1.807) is 13.8 Å². The monoisotopic (exact) mass is 412 g/mol. The van der Waals surface area contributed by atoms with Gasteiger partial charge in [0.25, 0.3) is 0 Å². The van der Waals surface area contributed by atoms with Gasteiger partial charge in [0.1, 0.15) is 27.7 Å². The van der Waals surface area contributed by atoms with Crippen LogP contribution in [0.1, 0.15) is 46.6 Å². The van der Waals surface area contributed by atoms with Gasteiger partial charge in [0.15, 0.2) is 9.84 Å². The molecule has 1 saturated heterocycles. The number of ether oxygens (including phenoxy) is 2. The third-order valence-electron chi connectivity index (χ3n) is 5.68. The summed E-state index contributed by atoms with van der Waals surface area (Å²) in [4.78, 5) is 4.58. The quantitative estimate of drug-likeness (QED) is 0.821. The molecule has 0 radical (unpaired) electrons. The van der Waals surface area contributed by atoms with Crippen LogP contribution in [0.4, 0.5) is 4.39 Å². The van der Waals surface area contributed by atoms with Gasteiger partial charge in [0.2, 0.25) is 0 Å². The lowest BCUT2D eigenvalue weighted by Gasteiger charge is -2.49. The van der Waals surface area contributed by atoms with Gasteiger partial charge in [-0.1, -0.05) is 13.8 Å². The lowest BCUT2D eigenvalue weighted by atomic mass is 9.82. The third kappa shape index (κ3) is 3.20. The van der Waals surface area contributed by atoms with Crippen molar-refractivity contribution < 1.29 is 22.3 Å². The number of halogens is 1. The predicted octanol–water partition coefficient (Wildman–Crippen LogP) is 2.80. The number of fused-ring (bicyclic) bond motifs is 1. The van der Waals surface area contributed by atoms with Gasteiger partial charge >= 0.3 is 0 Å². The third-order valence-corrected chi connectivity index (χ3v) is 8.64. The number of benzene rings is 1. The second-order valence-electron chi connectivity index (χ2n) is 8.67. The first-order chi connectivity index (χ1) is 12.9. The molecule has 3 atom stereocenters. The van der Waals surface area contributed by atoms with Crippen molar-refractivity contribution in [2.75, 3.05) is 13.2 Å². The highest BCUT2D eigenvalue weighted by Crippen LogP contribution is 2.48. The van der Waals surface area contributed by atoms with E-state index in [9.17, 15) is 12.8 Å². The van der Waals surface area contributed by atoms with Gasteiger partial charge in [0.05, 0.1) is 24.6 Å². The molecule has 0 amide bonds. The molecule has 2 aliphatic rings. The zero-order valence-corrected chi connectivity index (χ0v) is 17.8. The maximum atomic E-state index is 15.0. The fraction of sp³-hybridized carbons (Fsp3) is 0.650. The predicted molar refractivity (Wildman–Crippen MR) is 107 cm³/mol. The Morgan fingerprint density at radius 2 is 2.07 bits per heavy atom. The molecule has 0 saturated carbocycles. The first kappa shape index (κ1) is 21.0. The normalized spacial score (nSPS) is 31.2. The molecular weight excluding hydrogens is 383 g/mol. The average Bonchev–Trinajstić information content (AvgIpc) is 2.61. The first-order valence-corrected chi connectivity index (χ1v) is 11.1. The number of amidine groups is 1. The molecule has 28 heavy (non-hydrogen) atoms. The van der Waals surface area contributed by atoms with Crippen molar-refractivity contribution >= 4 is 15.7 Å². The number of nitrogens with zero attached hydrogens (tertiary/aromatic N) is 1. The summed E-state index contributed by atoms with van der Waals surface area (Å²) in [5.41, 5.74) is 4.82. The first-order valence-electron chi connectivity index (χ1n) is 9.55. The minimum absolute atomic E-state index is 0.0326. The van der Waals surface area contributed by atoms with Crippen LogP contribution < -0.4 is 10.5 Å². The van der Waals surface area contributed by atoms with Gasteiger partial charge in [-0.05, 0) is 51.3 Å². The molecule has 8 heteroatoms. The Balaban J connectivity index is 2.20.